The van der Waals surface area contributed by atoms with E-state index in [-0.39, 0.29) is 0 Å². The molecule has 102 valence electrons. The molecule has 0 aliphatic heterocycles. The van der Waals surface area contributed by atoms with Gasteiger partial charge in [-0.1, -0.05) is 17.7 Å². The molecule has 1 saturated carbocycles. The summed E-state index contributed by atoms with van der Waals surface area (Å²) in [5.41, 5.74) is 1.80. The van der Waals surface area contributed by atoms with E-state index in [1.54, 1.807) is 12.1 Å². The molecule has 0 saturated heterocycles. The monoisotopic (exact) mass is 279 g/mol. The van der Waals surface area contributed by atoms with Crippen molar-refractivity contribution in [3.05, 3.63) is 34.9 Å². The maximum Gasteiger partial charge on any atom is 0.328 e. The molecule has 1 fully saturated rings. The molecule has 2 rings (SSSR count). The van der Waals surface area contributed by atoms with Crippen LogP contribution in [0, 0.1) is 5.92 Å². The normalized spacial score (nSPS) is 14.8. The molecule has 1 aliphatic rings. The van der Waals surface area contributed by atoms with Gasteiger partial charge >= 0.3 is 5.97 Å². The number of aliphatic carboxylic acids is 1. The molecule has 1 N–H and O–H groups in total. The summed E-state index contributed by atoms with van der Waals surface area (Å²) in [6, 6.07) is 5.70. The van der Waals surface area contributed by atoms with Gasteiger partial charge in [0.15, 0.2) is 0 Å². The second kappa shape index (κ2) is 6.11. The van der Waals surface area contributed by atoms with Crippen LogP contribution in [0.5, 0.6) is 0 Å². The predicted molar refractivity (Wildman–Crippen MR) is 78.7 cm³/mol. The number of rotatable bonds is 6. The Balaban J connectivity index is 2.31. The fraction of sp³-hybridized carbons (Fsp3) is 0.400. The number of benzene rings is 1. The van der Waals surface area contributed by atoms with Crippen LogP contribution >= 0.6 is 11.6 Å². The molecule has 0 bridgehead atoms. The molecule has 1 aromatic rings. The molecule has 4 heteroatoms. The van der Waals surface area contributed by atoms with E-state index in [1.165, 1.54) is 12.8 Å². The van der Waals surface area contributed by atoms with Gasteiger partial charge in [-0.15, -0.1) is 0 Å². The van der Waals surface area contributed by atoms with Crippen molar-refractivity contribution in [1.29, 1.82) is 0 Å². The minimum Gasteiger partial charge on any atom is -0.478 e. The van der Waals surface area contributed by atoms with Crippen LogP contribution in [0.25, 0.3) is 6.08 Å². The van der Waals surface area contributed by atoms with Crippen LogP contribution in [0.2, 0.25) is 5.02 Å². The van der Waals surface area contributed by atoms with Crippen LogP contribution < -0.4 is 4.90 Å². The summed E-state index contributed by atoms with van der Waals surface area (Å²) in [6.45, 7) is 4.02. The Hall–Kier alpha value is -1.48. The van der Waals surface area contributed by atoms with Crippen molar-refractivity contribution in [3.8, 4) is 0 Å². The molecule has 0 amide bonds. The fourth-order valence-corrected chi connectivity index (χ4v) is 2.36. The quantitative estimate of drug-likeness (QED) is 0.808. The van der Waals surface area contributed by atoms with Crippen molar-refractivity contribution in [2.75, 3.05) is 18.0 Å². The van der Waals surface area contributed by atoms with Crippen LogP contribution in [0.4, 0.5) is 5.69 Å². The Kier molecular flexibility index (Phi) is 4.48. The van der Waals surface area contributed by atoms with Crippen molar-refractivity contribution in [2.24, 2.45) is 5.92 Å². The summed E-state index contributed by atoms with van der Waals surface area (Å²) in [5.74, 6) is -0.189. The van der Waals surface area contributed by atoms with E-state index in [2.05, 4.69) is 11.8 Å². The van der Waals surface area contributed by atoms with Crippen molar-refractivity contribution >= 4 is 29.3 Å². The molecule has 0 atom stereocenters. The summed E-state index contributed by atoms with van der Waals surface area (Å²) in [4.78, 5) is 12.9. The molecule has 1 aliphatic carbocycles. The molecule has 19 heavy (non-hydrogen) atoms. The van der Waals surface area contributed by atoms with Gasteiger partial charge in [0, 0.05) is 35.4 Å². The highest BCUT2D eigenvalue weighted by Crippen LogP contribution is 2.34. The Morgan fingerprint density at radius 2 is 2.26 bits per heavy atom. The first kappa shape index (κ1) is 13.9. The zero-order valence-electron chi connectivity index (χ0n) is 11.0. The summed E-state index contributed by atoms with van der Waals surface area (Å²) in [6.07, 6.45) is 5.29. The third kappa shape index (κ3) is 3.74. The zero-order valence-corrected chi connectivity index (χ0v) is 11.7. The van der Waals surface area contributed by atoms with Crippen LogP contribution in [0.3, 0.4) is 0 Å². The molecule has 3 nitrogen and oxygen atoms in total. The van der Waals surface area contributed by atoms with Crippen LogP contribution in [-0.2, 0) is 4.79 Å². The standard InChI is InChI=1S/C15H18ClNO2/c1-2-17(10-11-6-7-11)14-5-3-4-13(16)12(14)8-9-15(18)19/h3-5,8-9,11H,2,6-7,10H2,1H3,(H,18,19). The van der Waals surface area contributed by atoms with Crippen LogP contribution in [0.1, 0.15) is 25.3 Å². The number of carboxylic acid groups (broad SMARTS) is 1. The Labute approximate surface area is 118 Å². The van der Waals surface area contributed by atoms with E-state index in [9.17, 15) is 4.79 Å². The largest absolute Gasteiger partial charge is 0.478 e. The highest BCUT2D eigenvalue weighted by Gasteiger charge is 2.24. The lowest BCUT2D eigenvalue weighted by Crippen LogP contribution is -2.25. The minimum atomic E-state index is -0.962. The summed E-state index contributed by atoms with van der Waals surface area (Å²) in [5, 5.41) is 9.35. The maximum atomic E-state index is 10.7. The molecule has 0 unspecified atom stereocenters. The van der Waals surface area contributed by atoms with Gasteiger partial charge in [0.2, 0.25) is 0 Å². The third-order valence-corrected chi connectivity index (χ3v) is 3.65. The molecular weight excluding hydrogens is 262 g/mol. The lowest BCUT2D eigenvalue weighted by Gasteiger charge is -2.25. The van der Waals surface area contributed by atoms with Crippen molar-refractivity contribution in [1.82, 2.24) is 0 Å². The van der Waals surface area contributed by atoms with Crippen molar-refractivity contribution in [3.63, 3.8) is 0 Å². The van der Waals surface area contributed by atoms with Crippen LogP contribution in [0.15, 0.2) is 24.3 Å². The second-order valence-electron chi connectivity index (χ2n) is 4.83. The average molecular weight is 280 g/mol. The van der Waals surface area contributed by atoms with Gasteiger partial charge in [-0.25, -0.2) is 4.79 Å². The first-order valence-corrected chi connectivity index (χ1v) is 6.94. The van der Waals surface area contributed by atoms with Gasteiger partial charge in [0.25, 0.3) is 0 Å². The molecular formula is C15H18ClNO2. The van der Waals surface area contributed by atoms with Gasteiger partial charge in [-0.2, -0.15) is 0 Å². The van der Waals surface area contributed by atoms with E-state index >= 15 is 0 Å². The van der Waals surface area contributed by atoms with Crippen LogP contribution in [-0.4, -0.2) is 24.2 Å². The smallest absolute Gasteiger partial charge is 0.328 e. The number of halogens is 1. The maximum absolute atomic E-state index is 10.7. The predicted octanol–water partition coefficient (Wildman–Crippen LogP) is 3.67. The fourth-order valence-electron chi connectivity index (χ4n) is 2.13. The summed E-state index contributed by atoms with van der Waals surface area (Å²) >= 11 is 6.20. The van der Waals surface area contributed by atoms with E-state index in [1.807, 2.05) is 12.1 Å². The highest BCUT2D eigenvalue weighted by atomic mass is 35.5. The summed E-state index contributed by atoms with van der Waals surface area (Å²) in [7, 11) is 0. The minimum absolute atomic E-state index is 0.587. The second-order valence-corrected chi connectivity index (χ2v) is 5.23. The summed E-state index contributed by atoms with van der Waals surface area (Å²) < 4.78 is 0. The molecule has 0 heterocycles. The van der Waals surface area contributed by atoms with Gasteiger partial charge < -0.3 is 10.0 Å². The number of nitrogens with zero attached hydrogens (tertiary/aromatic N) is 1. The Bertz CT molecular complexity index is 495. The highest BCUT2D eigenvalue weighted by molar-refractivity contribution is 6.32. The molecule has 0 spiro atoms. The number of hydrogen-bond donors (Lipinski definition) is 1. The lowest BCUT2D eigenvalue weighted by molar-refractivity contribution is -0.131. The van der Waals surface area contributed by atoms with E-state index in [0.29, 0.717) is 5.02 Å². The third-order valence-electron chi connectivity index (χ3n) is 3.32. The molecule has 1 aromatic carbocycles. The Morgan fingerprint density at radius 1 is 1.53 bits per heavy atom. The average Bonchev–Trinajstić information content (AvgIpc) is 3.18. The molecule has 0 aromatic heterocycles. The zero-order chi connectivity index (χ0) is 13.8. The van der Waals surface area contributed by atoms with Crippen molar-refractivity contribution in [2.45, 2.75) is 19.8 Å². The van der Waals surface area contributed by atoms with E-state index < -0.39 is 5.97 Å². The lowest BCUT2D eigenvalue weighted by atomic mass is 10.1. The van der Waals surface area contributed by atoms with Gasteiger partial charge in [-0.3, -0.25) is 0 Å². The van der Waals surface area contributed by atoms with Crippen molar-refractivity contribution < 1.29 is 9.90 Å². The number of carboxylic acids is 1. The first-order chi connectivity index (χ1) is 9.11. The number of hydrogen-bond acceptors (Lipinski definition) is 2. The van der Waals surface area contributed by atoms with Gasteiger partial charge in [0.05, 0.1) is 0 Å². The first-order valence-electron chi connectivity index (χ1n) is 6.56. The molecule has 0 radical (unpaired) electrons. The van der Waals surface area contributed by atoms with E-state index in [0.717, 1.165) is 36.3 Å². The van der Waals surface area contributed by atoms with Gasteiger partial charge in [0.1, 0.15) is 0 Å². The number of anilines is 1. The topological polar surface area (TPSA) is 40.5 Å². The van der Waals surface area contributed by atoms with E-state index in [4.69, 9.17) is 16.7 Å². The van der Waals surface area contributed by atoms with Gasteiger partial charge in [-0.05, 0) is 43.9 Å². The Morgan fingerprint density at radius 3 is 2.84 bits per heavy atom. The SMILES string of the molecule is CCN(CC1CC1)c1cccc(Cl)c1C=CC(=O)O. The number of carbonyl (C=O) groups is 1.